The van der Waals surface area contributed by atoms with E-state index in [1.165, 1.54) is 0 Å². The lowest BCUT2D eigenvalue weighted by Gasteiger charge is -2.19. The maximum atomic E-state index is 12.4. The third-order valence-corrected chi connectivity index (χ3v) is 7.22. The Bertz CT molecular complexity index is 742. The average molecular weight is 347 g/mol. The second kappa shape index (κ2) is 6.81. The standard InChI is InChI=1S/C17H21N3O3S/c18-9-14-11-20(12-16(14)13-5-2-1-3-6-13)17(21)19-10-15-7-4-8-24(15,22)23/h1-3,5-6,14-16H,4,7-8,10-12H2,(H,19,21)/t14-,15?,16+/m1/s1. The molecule has 0 radical (unpaired) electrons. The van der Waals surface area contributed by atoms with Crippen LogP contribution in [0.4, 0.5) is 4.79 Å². The smallest absolute Gasteiger partial charge is 0.317 e. The van der Waals surface area contributed by atoms with Gasteiger partial charge in [0.05, 0.1) is 23.0 Å². The number of amides is 2. The summed E-state index contributed by atoms with van der Waals surface area (Å²) >= 11 is 0. The number of hydrogen-bond donors (Lipinski definition) is 1. The van der Waals surface area contributed by atoms with Crippen molar-refractivity contribution >= 4 is 15.9 Å². The number of rotatable bonds is 3. The van der Waals surface area contributed by atoms with Crippen LogP contribution in [0.15, 0.2) is 30.3 Å². The number of benzene rings is 1. The lowest BCUT2D eigenvalue weighted by Crippen LogP contribution is -2.42. The largest absolute Gasteiger partial charge is 0.337 e. The highest BCUT2D eigenvalue weighted by atomic mass is 32.2. The molecule has 2 saturated heterocycles. The molecule has 3 rings (SSSR count). The molecule has 2 heterocycles. The van der Waals surface area contributed by atoms with Crippen molar-refractivity contribution < 1.29 is 13.2 Å². The molecule has 24 heavy (non-hydrogen) atoms. The minimum absolute atomic E-state index is 0.00263. The molecule has 0 aromatic heterocycles. The first-order chi connectivity index (χ1) is 11.5. The number of likely N-dealkylation sites (tertiary alicyclic amines) is 1. The van der Waals surface area contributed by atoms with E-state index in [1.54, 1.807) is 4.90 Å². The van der Waals surface area contributed by atoms with Crippen LogP contribution in [0.3, 0.4) is 0 Å². The summed E-state index contributed by atoms with van der Waals surface area (Å²) in [6.07, 6.45) is 1.27. The molecule has 0 spiro atoms. The van der Waals surface area contributed by atoms with Crippen LogP contribution in [0.2, 0.25) is 0 Å². The molecule has 0 bridgehead atoms. The fraction of sp³-hybridized carbons (Fsp3) is 0.529. The molecule has 2 amide bonds. The highest BCUT2D eigenvalue weighted by Gasteiger charge is 2.37. The summed E-state index contributed by atoms with van der Waals surface area (Å²) in [4.78, 5) is 14.0. The molecule has 1 aromatic rings. The van der Waals surface area contributed by atoms with Gasteiger partial charge in [-0.3, -0.25) is 0 Å². The summed E-state index contributed by atoms with van der Waals surface area (Å²) in [6.45, 7) is 1.01. The van der Waals surface area contributed by atoms with Crippen molar-refractivity contribution in [2.75, 3.05) is 25.4 Å². The number of hydrogen-bond acceptors (Lipinski definition) is 4. The van der Waals surface area contributed by atoms with E-state index in [1.807, 2.05) is 30.3 Å². The van der Waals surface area contributed by atoms with Crippen LogP contribution in [0.1, 0.15) is 24.3 Å². The summed E-state index contributed by atoms with van der Waals surface area (Å²) in [5.74, 6) is -0.0327. The number of carbonyl (C=O) groups excluding carboxylic acids is 1. The Balaban J connectivity index is 1.61. The zero-order chi connectivity index (χ0) is 17.2. The van der Waals surface area contributed by atoms with Gasteiger partial charge in [0.1, 0.15) is 0 Å². The second-order valence-electron chi connectivity index (χ2n) is 6.48. The molecule has 3 atom stereocenters. The predicted molar refractivity (Wildman–Crippen MR) is 90.1 cm³/mol. The van der Waals surface area contributed by atoms with Gasteiger partial charge in [-0.05, 0) is 18.4 Å². The first-order valence-electron chi connectivity index (χ1n) is 8.20. The van der Waals surface area contributed by atoms with Gasteiger partial charge in [-0.15, -0.1) is 0 Å². The number of nitrogens with one attached hydrogen (secondary N) is 1. The van der Waals surface area contributed by atoms with Gasteiger partial charge in [-0.2, -0.15) is 5.26 Å². The van der Waals surface area contributed by atoms with Gasteiger partial charge in [0, 0.05) is 25.6 Å². The highest BCUT2D eigenvalue weighted by molar-refractivity contribution is 7.92. The van der Waals surface area contributed by atoms with Gasteiger partial charge >= 0.3 is 6.03 Å². The van der Waals surface area contributed by atoms with Crippen molar-refractivity contribution in [3.63, 3.8) is 0 Å². The van der Waals surface area contributed by atoms with Gasteiger partial charge in [-0.1, -0.05) is 30.3 Å². The molecular weight excluding hydrogens is 326 g/mol. The minimum Gasteiger partial charge on any atom is -0.337 e. The molecule has 2 aliphatic rings. The fourth-order valence-electron chi connectivity index (χ4n) is 3.54. The van der Waals surface area contributed by atoms with Crippen LogP contribution < -0.4 is 5.32 Å². The fourth-order valence-corrected chi connectivity index (χ4v) is 5.30. The summed E-state index contributed by atoms with van der Waals surface area (Å²) in [6, 6.07) is 11.7. The van der Waals surface area contributed by atoms with Crippen molar-refractivity contribution in [3.8, 4) is 6.07 Å². The Morgan fingerprint density at radius 3 is 2.67 bits per heavy atom. The minimum atomic E-state index is -3.06. The molecule has 1 unspecified atom stereocenters. The number of urea groups is 1. The van der Waals surface area contributed by atoms with Crippen LogP contribution in [-0.4, -0.2) is 50.0 Å². The SMILES string of the molecule is N#C[C@@H]1CN(C(=O)NCC2CCCS2(=O)=O)C[C@H]1c1ccccc1. The topological polar surface area (TPSA) is 90.3 Å². The summed E-state index contributed by atoms with van der Waals surface area (Å²) in [5, 5.41) is 11.6. The number of sulfone groups is 1. The quantitative estimate of drug-likeness (QED) is 0.897. The Hall–Kier alpha value is -2.07. The molecule has 128 valence electrons. The molecule has 0 aliphatic carbocycles. The summed E-state index contributed by atoms with van der Waals surface area (Å²) < 4.78 is 23.6. The van der Waals surface area contributed by atoms with Crippen molar-refractivity contribution in [2.24, 2.45) is 5.92 Å². The molecule has 2 fully saturated rings. The number of carbonyl (C=O) groups is 1. The van der Waals surface area contributed by atoms with Crippen molar-refractivity contribution in [3.05, 3.63) is 35.9 Å². The molecular formula is C17H21N3O3S. The van der Waals surface area contributed by atoms with Gasteiger partial charge in [0.2, 0.25) is 0 Å². The van der Waals surface area contributed by atoms with Crippen LogP contribution >= 0.6 is 0 Å². The van der Waals surface area contributed by atoms with Crippen molar-refractivity contribution in [1.82, 2.24) is 10.2 Å². The van der Waals surface area contributed by atoms with Crippen LogP contribution in [0, 0.1) is 17.2 Å². The highest BCUT2D eigenvalue weighted by Crippen LogP contribution is 2.32. The van der Waals surface area contributed by atoms with Gasteiger partial charge in [-0.25, -0.2) is 13.2 Å². The number of nitriles is 1. The summed E-state index contributed by atoms with van der Waals surface area (Å²) in [7, 11) is -3.06. The first kappa shape index (κ1) is 16.8. The molecule has 6 nitrogen and oxygen atoms in total. The van der Waals surface area contributed by atoms with E-state index in [9.17, 15) is 18.5 Å². The van der Waals surface area contributed by atoms with Crippen molar-refractivity contribution in [1.29, 1.82) is 5.26 Å². The van der Waals surface area contributed by atoms with E-state index in [2.05, 4.69) is 11.4 Å². The Labute approximate surface area is 142 Å². The zero-order valence-electron chi connectivity index (χ0n) is 13.4. The maximum Gasteiger partial charge on any atom is 0.317 e. The average Bonchev–Trinajstić information content (AvgIpc) is 3.16. The second-order valence-corrected chi connectivity index (χ2v) is 8.88. The van der Waals surface area contributed by atoms with E-state index in [-0.39, 0.29) is 30.2 Å². The lowest BCUT2D eigenvalue weighted by molar-refractivity contribution is 0.207. The summed E-state index contributed by atoms with van der Waals surface area (Å²) in [5.41, 5.74) is 1.05. The maximum absolute atomic E-state index is 12.4. The van der Waals surface area contributed by atoms with Crippen LogP contribution in [-0.2, 0) is 9.84 Å². The van der Waals surface area contributed by atoms with E-state index in [4.69, 9.17) is 0 Å². The Morgan fingerprint density at radius 2 is 2.04 bits per heavy atom. The third-order valence-electron chi connectivity index (χ3n) is 4.94. The van der Waals surface area contributed by atoms with Crippen LogP contribution in [0.25, 0.3) is 0 Å². The molecule has 1 N–H and O–H groups in total. The van der Waals surface area contributed by atoms with Gasteiger partial charge < -0.3 is 10.2 Å². The Kier molecular flexibility index (Phi) is 4.76. The first-order valence-corrected chi connectivity index (χ1v) is 9.91. The van der Waals surface area contributed by atoms with E-state index in [0.29, 0.717) is 25.9 Å². The van der Waals surface area contributed by atoms with Gasteiger partial charge in [0.15, 0.2) is 9.84 Å². The molecule has 1 aromatic carbocycles. The van der Waals surface area contributed by atoms with Crippen molar-refractivity contribution in [2.45, 2.75) is 24.0 Å². The molecule has 2 aliphatic heterocycles. The number of nitrogens with zero attached hydrogens (tertiary/aromatic N) is 2. The zero-order valence-corrected chi connectivity index (χ0v) is 14.2. The monoisotopic (exact) mass is 347 g/mol. The van der Waals surface area contributed by atoms with E-state index in [0.717, 1.165) is 5.56 Å². The van der Waals surface area contributed by atoms with E-state index < -0.39 is 15.1 Å². The van der Waals surface area contributed by atoms with E-state index >= 15 is 0 Å². The normalized spacial score (nSPS) is 28.5. The molecule has 0 saturated carbocycles. The lowest BCUT2D eigenvalue weighted by atomic mass is 9.90. The Morgan fingerprint density at radius 1 is 1.29 bits per heavy atom. The molecule has 7 heteroatoms. The third kappa shape index (κ3) is 3.39. The predicted octanol–water partition coefficient (Wildman–Crippen LogP) is 1.51. The van der Waals surface area contributed by atoms with Gasteiger partial charge in [0.25, 0.3) is 0 Å². The van der Waals surface area contributed by atoms with Crippen LogP contribution in [0.5, 0.6) is 0 Å².